The summed E-state index contributed by atoms with van der Waals surface area (Å²) in [5, 5.41) is 27.8. The third-order valence-electron chi connectivity index (χ3n) is 8.02. The van der Waals surface area contributed by atoms with Crippen molar-refractivity contribution in [2.75, 3.05) is 26.7 Å². The number of likely N-dealkylation sites (N-methyl/N-ethyl adjacent to an activating group) is 1. The molecule has 2 aromatic carbocycles. The van der Waals surface area contributed by atoms with Crippen molar-refractivity contribution in [2.24, 2.45) is 5.92 Å². The van der Waals surface area contributed by atoms with Crippen LogP contribution in [-0.2, 0) is 27.2 Å². The second kappa shape index (κ2) is 14.5. The van der Waals surface area contributed by atoms with E-state index >= 15 is 0 Å². The number of carbonyl (C=O) groups is 3. The highest BCUT2D eigenvalue weighted by atomic mass is 16.5. The molecule has 1 fully saturated rings. The first-order chi connectivity index (χ1) is 20.1. The fourth-order valence-corrected chi connectivity index (χ4v) is 5.47. The maximum Gasteiger partial charge on any atom is 0.245 e. The minimum absolute atomic E-state index is 0.0533. The van der Waals surface area contributed by atoms with Crippen LogP contribution in [0.5, 0.6) is 11.5 Å². The summed E-state index contributed by atoms with van der Waals surface area (Å²) in [7, 11) is 1.54. The van der Waals surface area contributed by atoms with Crippen LogP contribution in [0, 0.1) is 12.8 Å². The van der Waals surface area contributed by atoms with Gasteiger partial charge in [0.1, 0.15) is 23.6 Å². The number of hydrogen-bond acceptors (Lipinski definition) is 7. The molecule has 10 nitrogen and oxygen atoms in total. The summed E-state index contributed by atoms with van der Waals surface area (Å²) in [6, 6.07) is 11.8. The van der Waals surface area contributed by atoms with Crippen LogP contribution in [-0.4, -0.2) is 83.8 Å². The van der Waals surface area contributed by atoms with E-state index in [0.717, 1.165) is 49.8 Å². The number of benzene rings is 2. The molecule has 2 heterocycles. The minimum Gasteiger partial charge on any atom is -0.508 e. The number of carbonyl (C=O) groups excluding carboxylic acids is 3. The fourth-order valence-electron chi connectivity index (χ4n) is 5.47. The van der Waals surface area contributed by atoms with Crippen LogP contribution >= 0.6 is 0 Å². The first kappa shape index (κ1) is 31.3. The summed E-state index contributed by atoms with van der Waals surface area (Å²) in [6.07, 6.45) is 4.05. The van der Waals surface area contributed by atoms with Crippen LogP contribution in [0.1, 0.15) is 49.3 Å². The zero-order chi connectivity index (χ0) is 30.2. The summed E-state index contributed by atoms with van der Waals surface area (Å²) in [4.78, 5) is 39.8. The molecule has 5 N–H and O–H groups in total. The number of rotatable bonds is 2. The highest BCUT2D eigenvalue weighted by Crippen LogP contribution is 2.35. The number of para-hydroxylation sites is 1. The van der Waals surface area contributed by atoms with E-state index < -0.39 is 24.1 Å². The summed E-state index contributed by atoms with van der Waals surface area (Å²) >= 11 is 0. The quantitative estimate of drug-likeness (QED) is 0.365. The molecule has 0 aromatic heterocycles. The number of phenols is 1. The van der Waals surface area contributed by atoms with Gasteiger partial charge in [0.25, 0.3) is 0 Å². The van der Waals surface area contributed by atoms with Crippen LogP contribution in [0.3, 0.4) is 0 Å². The Hall–Kier alpha value is -3.63. The molecular formula is C32H44N4O6. The Bertz CT molecular complexity index is 1210. The van der Waals surface area contributed by atoms with Gasteiger partial charge in [-0.2, -0.15) is 0 Å². The van der Waals surface area contributed by atoms with Gasteiger partial charge in [0.2, 0.25) is 17.7 Å². The number of fused-ring (bicyclic) bond motifs is 1. The normalized spacial score (nSPS) is 24.5. The number of hydrogen-bond donors (Lipinski definition) is 5. The molecule has 10 heteroatoms. The predicted molar refractivity (Wildman–Crippen MR) is 159 cm³/mol. The van der Waals surface area contributed by atoms with Crippen LogP contribution in [0.25, 0.3) is 0 Å². The lowest BCUT2D eigenvalue weighted by Gasteiger charge is -2.34. The standard InChI is InChI=1S/C25H36N4O5.C7H8O/c1-15(30)22-24(32)28-14-20(31)26-12-4-7-17-5-3-6-18-10-11-19(34-23(17)18)13-27-21(16-8-9-16)25(33)29(22)2;1-6-2-4-7(8)5-3-6/h3,5-6,15-16,19,21-22,27,30H,4,7-14H2,1-2H3,(H,26,31)(H,28,32);2-5,8H,1H3. The lowest BCUT2D eigenvalue weighted by Crippen LogP contribution is -2.59. The number of nitrogens with one attached hydrogen (secondary N) is 3. The van der Waals surface area contributed by atoms with Gasteiger partial charge in [-0.25, -0.2) is 0 Å². The van der Waals surface area contributed by atoms with Crippen molar-refractivity contribution < 1.29 is 29.3 Å². The van der Waals surface area contributed by atoms with Crippen molar-refractivity contribution in [3.8, 4) is 11.5 Å². The maximum absolute atomic E-state index is 13.4. The molecule has 4 unspecified atom stereocenters. The largest absolute Gasteiger partial charge is 0.508 e. The summed E-state index contributed by atoms with van der Waals surface area (Å²) in [5.41, 5.74) is 3.49. The Morgan fingerprint density at radius 2 is 1.67 bits per heavy atom. The number of phenolic OH excluding ortho intramolecular Hbond substituents is 1. The zero-order valence-corrected chi connectivity index (χ0v) is 24.8. The van der Waals surface area contributed by atoms with E-state index in [-0.39, 0.29) is 30.4 Å². The monoisotopic (exact) mass is 580 g/mol. The molecule has 3 amide bonds. The van der Waals surface area contributed by atoms with Gasteiger partial charge in [0.05, 0.1) is 18.7 Å². The van der Waals surface area contributed by atoms with Crippen LogP contribution in [0.15, 0.2) is 42.5 Å². The Balaban J connectivity index is 0.000000437. The summed E-state index contributed by atoms with van der Waals surface area (Å²) in [5.74, 6) is 0.378. The molecule has 0 radical (unpaired) electrons. The SMILES string of the molecule is CC(O)C1C(=O)NCC(=O)NCCCc2cccc3c2OC(CC3)CNC(C2CC2)C(=O)N1C.Cc1ccc(O)cc1. The number of nitrogens with zero attached hydrogens (tertiary/aromatic N) is 1. The summed E-state index contributed by atoms with van der Waals surface area (Å²) < 4.78 is 6.39. The highest BCUT2D eigenvalue weighted by Gasteiger charge is 2.41. The van der Waals surface area contributed by atoms with Gasteiger partial charge in [-0.15, -0.1) is 0 Å². The topological polar surface area (TPSA) is 140 Å². The first-order valence-corrected chi connectivity index (χ1v) is 14.9. The molecule has 4 atom stereocenters. The predicted octanol–water partition coefficient (Wildman–Crippen LogP) is 1.84. The zero-order valence-electron chi connectivity index (χ0n) is 24.8. The number of amides is 3. The average Bonchev–Trinajstić information content (AvgIpc) is 3.81. The summed E-state index contributed by atoms with van der Waals surface area (Å²) in [6.45, 7) is 4.27. The number of aromatic hydroxyl groups is 1. The number of aliphatic hydroxyl groups excluding tert-OH is 1. The van der Waals surface area contributed by atoms with Gasteiger partial charge < -0.3 is 35.8 Å². The molecule has 2 aromatic rings. The molecule has 42 heavy (non-hydrogen) atoms. The van der Waals surface area contributed by atoms with Crippen LogP contribution in [0.4, 0.5) is 0 Å². The third kappa shape index (κ3) is 8.45. The molecule has 2 bridgehead atoms. The molecule has 1 saturated carbocycles. The Labute approximate surface area is 247 Å². The van der Waals surface area contributed by atoms with Crippen molar-refractivity contribution >= 4 is 17.7 Å². The van der Waals surface area contributed by atoms with E-state index in [1.807, 2.05) is 25.1 Å². The van der Waals surface area contributed by atoms with E-state index in [2.05, 4.69) is 28.1 Å². The molecule has 3 aliphatic rings. The van der Waals surface area contributed by atoms with Gasteiger partial charge in [-0.05, 0) is 81.5 Å². The van der Waals surface area contributed by atoms with Gasteiger partial charge in [0, 0.05) is 20.1 Å². The molecule has 228 valence electrons. The highest BCUT2D eigenvalue weighted by molar-refractivity contribution is 5.92. The van der Waals surface area contributed by atoms with E-state index in [1.165, 1.54) is 30.0 Å². The van der Waals surface area contributed by atoms with Crippen molar-refractivity contribution in [1.82, 2.24) is 20.9 Å². The van der Waals surface area contributed by atoms with Gasteiger partial charge in [-0.3, -0.25) is 14.4 Å². The van der Waals surface area contributed by atoms with E-state index in [0.29, 0.717) is 18.8 Å². The second-order valence-corrected chi connectivity index (χ2v) is 11.5. The van der Waals surface area contributed by atoms with E-state index in [4.69, 9.17) is 9.84 Å². The Morgan fingerprint density at radius 3 is 2.31 bits per heavy atom. The average molecular weight is 581 g/mol. The van der Waals surface area contributed by atoms with E-state index in [9.17, 15) is 19.5 Å². The number of ether oxygens (including phenoxy) is 1. The lowest BCUT2D eigenvalue weighted by molar-refractivity contribution is -0.145. The minimum atomic E-state index is -1.08. The lowest BCUT2D eigenvalue weighted by atomic mass is 9.97. The van der Waals surface area contributed by atoms with Crippen molar-refractivity contribution in [1.29, 1.82) is 0 Å². The second-order valence-electron chi connectivity index (χ2n) is 11.5. The fraction of sp³-hybridized carbons (Fsp3) is 0.531. The molecular weight excluding hydrogens is 536 g/mol. The number of aryl methyl sites for hydroxylation is 3. The van der Waals surface area contributed by atoms with E-state index in [1.54, 1.807) is 12.1 Å². The molecule has 2 aliphatic heterocycles. The van der Waals surface area contributed by atoms with Gasteiger partial charge in [0.15, 0.2) is 0 Å². The Kier molecular flexibility index (Phi) is 10.8. The molecule has 0 saturated heterocycles. The molecule has 5 rings (SSSR count). The van der Waals surface area contributed by atoms with Crippen molar-refractivity contribution in [2.45, 2.75) is 76.7 Å². The van der Waals surface area contributed by atoms with Crippen molar-refractivity contribution in [3.05, 3.63) is 59.2 Å². The maximum atomic E-state index is 13.4. The first-order valence-electron chi connectivity index (χ1n) is 14.9. The van der Waals surface area contributed by atoms with Crippen LogP contribution < -0.4 is 20.7 Å². The van der Waals surface area contributed by atoms with Crippen LogP contribution in [0.2, 0.25) is 0 Å². The van der Waals surface area contributed by atoms with Gasteiger partial charge >= 0.3 is 0 Å². The third-order valence-corrected chi connectivity index (χ3v) is 8.02. The smallest absolute Gasteiger partial charge is 0.245 e. The molecule has 1 aliphatic carbocycles. The number of aliphatic hydroxyl groups is 1. The molecule has 0 spiro atoms. The van der Waals surface area contributed by atoms with Crippen molar-refractivity contribution in [3.63, 3.8) is 0 Å². The van der Waals surface area contributed by atoms with Gasteiger partial charge in [-0.1, -0.05) is 35.9 Å². The Morgan fingerprint density at radius 1 is 0.976 bits per heavy atom.